The van der Waals surface area contributed by atoms with Crippen LogP contribution in [-0.2, 0) is 6.42 Å². The predicted octanol–water partition coefficient (Wildman–Crippen LogP) is 17.3. The van der Waals surface area contributed by atoms with Crippen LogP contribution in [0.4, 0.5) is 17.1 Å². The topological polar surface area (TPSA) is 3.24 Å². The van der Waals surface area contributed by atoms with Gasteiger partial charge in [-0.05, 0) is 134 Å². The van der Waals surface area contributed by atoms with Gasteiger partial charge in [0.25, 0.3) is 0 Å². The molecule has 0 bridgehead atoms. The van der Waals surface area contributed by atoms with E-state index in [9.17, 15) is 0 Å². The maximum absolute atomic E-state index is 2.34. The third-order valence-electron chi connectivity index (χ3n) is 12.2. The molecule has 0 aliphatic heterocycles. The molecule has 0 heterocycles. The van der Waals surface area contributed by atoms with Crippen LogP contribution in [0.1, 0.15) is 35.1 Å². The van der Waals surface area contributed by atoms with E-state index < -0.39 is 0 Å². The molecule has 1 nitrogen and oxygen atoms in total. The monoisotopic (exact) mass is 819 g/mol. The number of nitrogens with zero attached hydrogens (tertiary/aromatic N) is 1. The molecule has 9 aromatic rings. The van der Waals surface area contributed by atoms with Gasteiger partial charge in [0, 0.05) is 17.1 Å². The smallest absolute Gasteiger partial charge is 0.0462 e. The molecule has 64 heavy (non-hydrogen) atoms. The minimum absolute atomic E-state index is 0.831. The van der Waals surface area contributed by atoms with Crippen molar-refractivity contribution >= 4 is 34.3 Å². The Labute approximate surface area is 378 Å². The van der Waals surface area contributed by atoms with Gasteiger partial charge in [0.2, 0.25) is 0 Å². The second kappa shape index (κ2) is 18.9. The molecule has 306 valence electrons. The van der Waals surface area contributed by atoms with Gasteiger partial charge in [-0.3, -0.25) is 0 Å². The Morgan fingerprint density at radius 1 is 0.359 bits per heavy atom. The second-order valence-electron chi connectivity index (χ2n) is 16.5. The van der Waals surface area contributed by atoms with Crippen LogP contribution in [-0.4, -0.2) is 0 Å². The van der Waals surface area contributed by atoms with Gasteiger partial charge < -0.3 is 4.90 Å². The first-order valence-electron chi connectivity index (χ1n) is 22.3. The molecule has 0 radical (unpaired) electrons. The fourth-order valence-corrected chi connectivity index (χ4v) is 8.70. The summed E-state index contributed by atoms with van der Waals surface area (Å²) < 4.78 is 0. The molecule has 0 saturated heterocycles. The summed E-state index contributed by atoms with van der Waals surface area (Å²) in [6.45, 7) is 0. The maximum atomic E-state index is 2.34. The van der Waals surface area contributed by atoms with E-state index >= 15 is 0 Å². The quantitative estimate of drug-likeness (QED) is 0.111. The fraction of sp³-hybridized carbons (Fsp3) is 0.0476. The number of hydrogen-bond donors (Lipinski definition) is 0. The molecule has 0 fully saturated rings. The van der Waals surface area contributed by atoms with E-state index in [1.54, 1.807) is 0 Å². The Kier molecular flexibility index (Phi) is 11.9. The number of anilines is 3. The third-order valence-corrected chi connectivity index (χ3v) is 12.2. The first-order valence-corrected chi connectivity index (χ1v) is 22.3. The molecular weight excluding hydrogens is 771 g/mol. The van der Waals surface area contributed by atoms with Crippen molar-refractivity contribution in [2.45, 2.75) is 19.3 Å². The zero-order valence-corrected chi connectivity index (χ0v) is 35.9. The Balaban J connectivity index is 0.880. The maximum Gasteiger partial charge on any atom is 0.0462 e. The molecule has 0 amide bonds. The summed E-state index contributed by atoms with van der Waals surface area (Å²) >= 11 is 0. The molecule has 0 spiro atoms. The van der Waals surface area contributed by atoms with E-state index in [0.29, 0.717) is 0 Å². The summed E-state index contributed by atoms with van der Waals surface area (Å²) in [7, 11) is 0. The van der Waals surface area contributed by atoms with Crippen molar-refractivity contribution in [3.05, 3.63) is 277 Å². The molecule has 9 aromatic carbocycles. The van der Waals surface area contributed by atoms with Gasteiger partial charge in [0.15, 0.2) is 0 Å². The molecule has 0 aromatic heterocycles. The molecule has 1 aliphatic carbocycles. The van der Waals surface area contributed by atoms with E-state index in [-0.39, 0.29) is 0 Å². The fourth-order valence-electron chi connectivity index (χ4n) is 8.70. The van der Waals surface area contributed by atoms with Crippen molar-refractivity contribution < 1.29 is 0 Å². The van der Waals surface area contributed by atoms with Crippen LogP contribution in [0.15, 0.2) is 255 Å². The average molecular weight is 820 g/mol. The van der Waals surface area contributed by atoms with E-state index in [0.717, 1.165) is 36.3 Å². The van der Waals surface area contributed by atoms with E-state index in [1.165, 1.54) is 77.9 Å². The molecule has 1 heteroatoms. The van der Waals surface area contributed by atoms with Crippen LogP contribution in [0.5, 0.6) is 0 Å². The van der Waals surface area contributed by atoms with Crippen molar-refractivity contribution in [2.24, 2.45) is 0 Å². The first-order chi connectivity index (χ1) is 31.7. The van der Waals surface area contributed by atoms with Crippen molar-refractivity contribution in [3.63, 3.8) is 0 Å². The Bertz CT molecular complexity index is 2930. The largest absolute Gasteiger partial charge is 0.311 e. The summed E-state index contributed by atoms with van der Waals surface area (Å²) in [6.07, 6.45) is 12.3. The summed E-state index contributed by atoms with van der Waals surface area (Å²) in [5, 5.41) is 0. The molecule has 1 aliphatic rings. The molecule has 10 rings (SSSR count). The van der Waals surface area contributed by atoms with Gasteiger partial charge in [-0.15, -0.1) is 0 Å². The zero-order valence-electron chi connectivity index (χ0n) is 35.9. The van der Waals surface area contributed by atoms with Gasteiger partial charge in [0.05, 0.1) is 0 Å². The Hall–Kier alpha value is -8.00. The number of benzene rings is 9. The van der Waals surface area contributed by atoms with Gasteiger partial charge in [0.1, 0.15) is 0 Å². The molecule has 0 N–H and O–H groups in total. The normalized spacial score (nSPS) is 12.4. The minimum Gasteiger partial charge on any atom is -0.311 e. The molecule has 0 unspecified atom stereocenters. The zero-order chi connectivity index (χ0) is 42.9. The van der Waals surface area contributed by atoms with Crippen molar-refractivity contribution in [2.75, 3.05) is 4.90 Å². The molecular formula is C63H49N. The number of hydrogen-bond acceptors (Lipinski definition) is 1. The van der Waals surface area contributed by atoms with Crippen LogP contribution >= 0.6 is 0 Å². The van der Waals surface area contributed by atoms with Crippen molar-refractivity contribution in [1.29, 1.82) is 0 Å². The highest BCUT2D eigenvalue weighted by Crippen LogP contribution is 2.38. The van der Waals surface area contributed by atoms with Crippen LogP contribution in [0.25, 0.3) is 61.7 Å². The van der Waals surface area contributed by atoms with Gasteiger partial charge >= 0.3 is 0 Å². The second-order valence-corrected chi connectivity index (χ2v) is 16.5. The van der Waals surface area contributed by atoms with Gasteiger partial charge in [-0.1, -0.05) is 224 Å². The van der Waals surface area contributed by atoms with E-state index in [2.05, 4.69) is 266 Å². The Morgan fingerprint density at radius 2 is 0.734 bits per heavy atom. The minimum atomic E-state index is 0.831. The molecule has 0 saturated carbocycles. The van der Waals surface area contributed by atoms with Crippen LogP contribution < -0.4 is 4.90 Å². The van der Waals surface area contributed by atoms with Gasteiger partial charge in [-0.2, -0.15) is 0 Å². The average Bonchev–Trinajstić information content (AvgIpc) is 3.38. The first kappa shape index (κ1) is 40.1. The predicted molar refractivity (Wildman–Crippen MR) is 274 cm³/mol. The highest BCUT2D eigenvalue weighted by Gasteiger charge is 2.14. The van der Waals surface area contributed by atoms with Crippen LogP contribution in [0.3, 0.4) is 0 Å². The lowest BCUT2D eigenvalue weighted by Gasteiger charge is -2.26. The number of rotatable bonds is 12. The number of allylic oxidation sites excluding steroid dienone is 5. The lowest BCUT2D eigenvalue weighted by atomic mass is 9.94. The van der Waals surface area contributed by atoms with Crippen LogP contribution in [0, 0.1) is 0 Å². The van der Waals surface area contributed by atoms with E-state index in [1.807, 2.05) is 0 Å². The standard InChI is InChI=1S/C63H49N/c1-5-13-49(14-6-1)55-29-31-56(32-30-55)53-25-21-47(22-26-53)45-60(52-19-11-4-12-20-52)46-48-23-27-54(28-24-48)59-37-43-63(44-38-59)64(61-39-33-57(34-40-61)50-15-7-2-8-16-50)62-41-35-58(36-42-62)51-17-9-3-10-18-51/h2-5,7-45H,1,6,46H2. The highest BCUT2D eigenvalue weighted by molar-refractivity contribution is 5.85. The molecule has 0 atom stereocenters. The van der Waals surface area contributed by atoms with Crippen molar-refractivity contribution in [3.8, 4) is 44.5 Å². The summed E-state index contributed by atoms with van der Waals surface area (Å²) in [5.41, 5.74) is 20.6. The van der Waals surface area contributed by atoms with Gasteiger partial charge in [-0.25, -0.2) is 0 Å². The summed E-state index contributed by atoms with van der Waals surface area (Å²) in [6, 6.07) is 85.6. The summed E-state index contributed by atoms with van der Waals surface area (Å²) in [5.74, 6) is 0. The van der Waals surface area contributed by atoms with Crippen LogP contribution in [0.2, 0.25) is 0 Å². The SMILES string of the molecule is C1=CC(c2ccc(-c3ccc(C=C(Cc4ccc(-c5ccc(N(c6ccc(-c7ccccc7)cc6)c6ccc(-c7ccccc7)cc6)cc5)cc4)c4ccccc4)cc3)cc2)=CCC1. The van der Waals surface area contributed by atoms with Crippen molar-refractivity contribution in [1.82, 2.24) is 0 Å². The van der Waals surface area contributed by atoms with E-state index in [4.69, 9.17) is 0 Å². The Morgan fingerprint density at radius 3 is 1.17 bits per heavy atom. The lowest BCUT2D eigenvalue weighted by molar-refractivity contribution is 1.04. The summed E-state index contributed by atoms with van der Waals surface area (Å²) in [4.78, 5) is 2.34. The lowest BCUT2D eigenvalue weighted by Crippen LogP contribution is -2.09. The highest BCUT2D eigenvalue weighted by atomic mass is 15.1. The third kappa shape index (κ3) is 9.26.